The predicted molar refractivity (Wildman–Crippen MR) is 44.0 cm³/mol. The fourth-order valence-corrected chi connectivity index (χ4v) is 1.51. The maximum absolute atomic E-state index is 5.63. The molecule has 0 aliphatic heterocycles. The third-order valence-electron chi connectivity index (χ3n) is 1.57. The van der Waals surface area contributed by atoms with Crippen LogP contribution in [0.3, 0.4) is 0 Å². The molecule has 0 nitrogen and oxygen atoms in total. The molecular formula is C8H17ClCo. The van der Waals surface area contributed by atoms with Crippen LogP contribution in [-0.2, 0) is 13.8 Å². The second-order valence-electron chi connectivity index (χ2n) is 2.66. The van der Waals surface area contributed by atoms with Gasteiger partial charge in [-0.25, -0.2) is 0 Å². The first kappa shape index (κ1) is 10.8. The molecular weight excluding hydrogens is 190 g/mol. The summed E-state index contributed by atoms with van der Waals surface area (Å²) in [5.41, 5.74) is 0. The molecule has 0 saturated heterocycles. The Hall–Kier alpha value is 0.796. The predicted octanol–water partition coefficient (Wildman–Crippen LogP) is 4.00. The SMILES string of the molecule is CCCCCC[CH](C)[Co][Cl]. The molecule has 1 unspecified atom stereocenters. The number of hydrogen-bond donors (Lipinski definition) is 0. The van der Waals surface area contributed by atoms with E-state index in [9.17, 15) is 0 Å². The monoisotopic (exact) mass is 207 g/mol. The molecule has 0 aromatic rings. The summed E-state index contributed by atoms with van der Waals surface area (Å²) >= 11 is 1.06. The van der Waals surface area contributed by atoms with E-state index in [1.807, 2.05) is 0 Å². The van der Waals surface area contributed by atoms with Crippen LogP contribution >= 0.6 is 10.1 Å². The molecule has 10 heavy (non-hydrogen) atoms. The van der Waals surface area contributed by atoms with E-state index in [-0.39, 0.29) is 0 Å². The number of hydrogen-bond acceptors (Lipinski definition) is 0. The fraction of sp³-hybridized carbons (Fsp3) is 1.00. The molecule has 0 radical (unpaired) electrons. The van der Waals surface area contributed by atoms with Gasteiger partial charge in [0.2, 0.25) is 0 Å². The molecule has 0 rings (SSSR count). The van der Waals surface area contributed by atoms with Crippen LogP contribution in [0.4, 0.5) is 0 Å². The Morgan fingerprint density at radius 2 is 2.00 bits per heavy atom. The Balaban J connectivity index is 2.89. The Morgan fingerprint density at radius 1 is 1.30 bits per heavy atom. The van der Waals surface area contributed by atoms with Crippen LogP contribution in [0, 0.1) is 0 Å². The quantitative estimate of drug-likeness (QED) is 0.578. The van der Waals surface area contributed by atoms with Gasteiger partial charge in [-0.1, -0.05) is 0 Å². The fourth-order valence-electron chi connectivity index (χ4n) is 0.880. The third-order valence-corrected chi connectivity index (χ3v) is 3.28. The summed E-state index contributed by atoms with van der Waals surface area (Å²) in [6.07, 6.45) is 6.74. The second kappa shape index (κ2) is 7.90. The molecule has 0 bridgehead atoms. The molecule has 2 heteroatoms. The van der Waals surface area contributed by atoms with Crippen molar-refractivity contribution >= 4 is 10.1 Å². The van der Waals surface area contributed by atoms with Gasteiger partial charge in [0, 0.05) is 0 Å². The molecule has 0 aliphatic rings. The van der Waals surface area contributed by atoms with Crippen LogP contribution < -0.4 is 0 Å². The molecule has 0 spiro atoms. The van der Waals surface area contributed by atoms with Crippen molar-refractivity contribution in [2.45, 2.75) is 50.8 Å². The molecule has 0 fully saturated rings. The van der Waals surface area contributed by atoms with E-state index >= 15 is 0 Å². The Morgan fingerprint density at radius 3 is 2.50 bits per heavy atom. The van der Waals surface area contributed by atoms with Gasteiger partial charge in [-0.2, -0.15) is 0 Å². The number of rotatable bonds is 6. The van der Waals surface area contributed by atoms with Crippen molar-refractivity contribution < 1.29 is 13.8 Å². The van der Waals surface area contributed by atoms with Crippen LogP contribution in [0.15, 0.2) is 0 Å². The van der Waals surface area contributed by atoms with Gasteiger partial charge in [0.05, 0.1) is 0 Å². The summed E-state index contributed by atoms with van der Waals surface area (Å²) in [4.78, 5) is 0.690. The van der Waals surface area contributed by atoms with Crippen molar-refractivity contribution in [2.24, 2.45) is 0 Å². The van der Waals surface area contributed by atoms with Crippen molar-refractivity contribution in [2.75, 3.05) is 0 Å². The van der Waals surface area contributed by atoms with E-state index in [1.54, 1.807) is 0 Å². The van der Waals surface area contributed by atoms with Crippen molar-refractivity contribution in [1.29, 1.82) is 0 Å². The summed E-state index contributed by atoms with van der Waals surface area (Å²) in [6, 6.07) is 0. The molecule has 0 N–H and O–H groups in total. The average Bonchev–Trinajstić information content (AvgIpc) is 1.98. The number of unbranched alkanes of at least 4 members (excludes halogenated alkanes) is 3. The van der Waals surface area contributed by atoms with Gasteiger partial charge >= 0.3 is 74.7 Å². The molecule has 0 saturated carbocycles. The van der Waals surface area contributed by atoms with Crippen molar-refractivity contribution in [3.63, 3.8) is 0 Å². The van der Waals surface area contributed by atoms with E-state index < -0.39 is 0 Å². The van der Waals surface area contributed by atoms with Crippen LogP contribution in [0.1, 0.15) is 46.0 Å². The van der Waals surface area contributed by atoms with E-state index in [2.05, 4.69) is 13.8 Å². The Kier molecular flexibility index (Phi) is 8.53. The van der Waals surface area contributed by atoms with Gasteiger partial charge in [-0.15, -0.1) is 0 Å². The van der Waals surface area contributed by atoms with Crippen LogP contribution in [0.2, 0.25) is 4.85 Å². The Labute approximate surface area is 75.0 Å². The molecule has 0 heterocycles. The molecule has 65 valence electrons. The van der Waals surface area contributed by atoms with Gasteiger partial charge in [-0.3, -0.25) is 0 Å². The zero-order chi connectivity index (χ0) is 7.82. The molecule has 0 aromatic heterocycles. The molecule has 1 atom stereocenters. The van der Waals surface area contributed by atoms with Crippen LogP contribution in [0.5, 0.6) is 0 Å². The van der Waals surface area contributed by atoms with E-state index in [1.165, 1.54) is 32.1 Å². The van der Waals surface area contributed by atoms with Gasteiger partial charge in [0.1, 0.15) is 0 Å². The van der Waals surface area contributed by atoms with Crippen molar-refractivity contribution in [3.05, 3.63) is 0 Å². The average molecular weight is 208 g/mol. The molecule has 0 aliphatic carbocycles. The van der Waals surface area contributed by atoms with Gasteiger partial charge < -0.3 is 0 Å². The molecule has 0 aromatic carbocycles. The first-order chi connectivity index (χ1) is 4.81. The zero-order valence-corrected chi connectivity index (χ0v) is 8.62. The van der Waals surface area contributed by atoms with E-state index in [0.717, 1.165) is 13.8 Å². The topological polar surface area (TPSA) is 0 Å². The van der Waals surface area contributed by atoms with Crippen molar-refractivity contribution in [1.82, 2.24) is 0 Å². The first-order valence-electron chi connectivity index (χ1n) is 4.01. The summed E-state index contributed by atoms with van der Waals surface area (Å²) in [7, 11) is 5.63. The maximum atomic E-state index is 5.63. The standard InChI is InChI=1S/C8H17.ClH.Co/c1-3-5-7-8-6-4-2;;/h3H,4-8H2,1-2H3;1H;/q;;+1/p-1. The first-order valence-corrected chi connectivity index (χ1v) is 6.04. The second-order valence-corrected chi connectivity index (χ2v) is 4.51. The van der Waals surface area contributed by atoms with Crippen LogP contribution in [0.25, 0.3) is 0 Å². The molecule has 0 amide bonds. The minimum atomic E-state index is 0.690. The summed E-state index contributed by atoms with van der Waals surface area (Å²) in [5, 5.41) is 0. The third kappa shape index (κ3) is 6.91. The van der Waals surface area contributed by atoms with E-state index in [0.29, 0.717) is 4.85 Å². The van der Waals surface area contributed by atoms with Gasteiger partial charge in [-0.05, 0) is 0 Å². The van der Waals surface area contributed by atoms with Crippen molar-refractivity contribution in [3.8, 4) is 0 Å². The normalized spacial score (nSPS) is 13.9. The van der Waals surface area contributed by atoms with E-state index in [4.69, 9.17) is 10.1 Å². The summed E-state index contributed by atoms with van der Waals surface area (Å²) in [5.74, 6) is 0. The minimum absolute atomic E-state index is 0.690. The van der Waals surface area contributed by atoms with Crippen LogP contribution in [-0.4, -0.2) is 0 Å². The van der Waals surface area contributed by atoms with Gasteiger partial charge in [0.15, 0.2) is 0 Å². The summed E-state index contributed by atoms with van der Waals surface area (Å²) in [6.45, 7) is 4.45. The van der Waals surface area contributed by atoms with Gasteiger partial charge in [0.25, 0.3) is 0 Å². The summed E-state index contributed by atoms with van der Waals surface area (Å²) < 4.78 is 0. The number of halogens is 1. The zero-order valence-electron chi connectivity index (χ0n) is 6.82. The Bertz CT molecular complexity index is 66.3.